The van der Waals surface area contributed by atoms with E-state index in [2.05, 4.69) is 10.1 Å². The second-order valence-corrected chi connectivity index (χ2v) is 5.30. The third kappa shape index (κ3) is 2.92. The van der Waals surface area contributed by atoms with Crippen LogP contribution in [0.2, 0.25) is 0 Å². The number of nitrogens with two attached hydrogens (primary N) is 1. The van der Waals surface area contributed by atoms with Crippen molar-refractivity contribution in [1.82, 2.24) is 14.8 Å². The molecule has 5 nitrogen and oxygen atoms in total. The minimum atomic E-state index is -4.47. The number of hydrogen-bond donors (Lipinski definition) is 2. The number of aromatic nitrogens is 3. The summed E-state index contributed by atoms with van der Waals surface area (Å²) >= 11 is 0. The first kappa shape index (κ1) is 16.3. The van der Waals surface area contributed by atoms with Gasteiger partial charge in [0.25, 0.3) is 0 Å². The number of fused-ring (bicyclic) bond motifs is 1. The fraction of sp³-hybridized carbons (Fsp3) is 0.250. The number of aliphatic hydroxyl groups excluding tert-OH is 1. The quantitative estimate of drug-likeness (QED) is 0.767. The van der Waals surface area contributed by atoms with Crippen LogP contribution in [0.15, 0.2) is 36.4 Å². The summed E-state index contributed by atoms with van der Waals surface area (Å²) in [6.45, 7) is 0.347. The van der Waals surface area contributed by atoms with Gasteiger partial charge in [0, 0.05) is 18.7 Å². The highest BCUT2D eigenvalue weighted by molar-refractivity contribution is 5.88. The van der Waals surface area contributed by atoms with Gasteiger partial charge in [0.1, 0.15) is 0 Å². The Morgan fingerprint density at radius 2 is 1.88 bits per heavy atom. The maximum Gasteiger partial charge on any atom is 0.417 e. The van der Waals surface area contributed by atoms with E-state index in [-0.39, 0.29) is 23.7 Å². The molecule has 3 rings (SSSR count). The third-order valence-corrected chi connectivity index (χ3v) is 3.66. The van der Waals surface area contributed by atoms with E-state index in [0.29, 0.717) is 24.0 Å². The molecule has 0 unspecified atom stereocenters. The maximum atomic E-state index is 13.2. The number of hydrogen-bond acceptors (Lipinski definition) is 4. The van der Waals surface area contributed by atoms with Crippen LogP contribution in [0, 0.1) is 0 Å². The van der Waals surface area contributed by atoms with Gasteiger partial charge in [0.05, 0.1) is 16.6 Å². The van der Waals surface area contributed by atoms with Gasteiger partial charge in [-0.1, -0.05) is 18.2 Å². The van der Waals surface area contributed by atoms with Crippen LogP contribution < -0.4 is 5.73 Å². The number of alkyl halides is 3. The smallest absolute Gasteiger partial charge is 0.396 e. The predicted octanol–water partition coefficient (Wildman–Crippen LogP) is 3.08. The van der Waals surface area contributed by atoms with E-state index in [1.807, 2.05) is 0 Å². The van der Waals surface area contributed by atoms with Crippen LogP contribution in [0.25, 0.3) is 22.3 Å². The Hall–Kier alpha value is -2.61. The van der Waals surface area contributed by atoms with E-state index in [1.165, 1.54) is 28.9 Å². The minimum Gasteiger partial charge on any atom is -0.396 e. The summed E-state index contributed by atoms with van der Waals surface area (Å²) in [5, 5.41) is 13.6. The number of benzene rings is 1. The molecule has 0 aliphatic rings. The Bertz CT molecular complexity index is 873. The molecule has 3 aromatic rings. The molecule has 0 aliphatic carbocycles. The fourth-order valence-electron chi connectivity index (χ4n) is 2.56. The van der Waals surface area contributed by atoms with Crippen molar-refractivity contribution in [1.29, 1.82) is 0 Å². The highest BCUT2D eigenvalue weighted by Crippen LogP contribution is 2.36. The largest absolute Gasteiger partial charge is 0.417 e. The molecule has 8 heteroatoms. The highest BCUT2D eigenvalue weighted by Gasteiger charge is 2.33. The molecule has 0 bridgehead atoms. The SMILES string of the molecule is Nc1nn(CCCO)c2nc(-c3ccccc3C(F)(F)F)ccc12. The van der Waals surface area contributed by atoms with Crippen LogP contribution in [0.4, 0.5) is 19.0 Å². The number of anilines is 1. The fourth-order valence-corrected chi connectivity index (χ4v) is 2.56. The topological polar surface area (TPSA) is 77.0 Å². The molecule has 2 aromatic heterocycles. The molecule has 0 radical (unpaired) electrons. The van der Waals surface area contributed by atoms with Gasteiger partial charge < -0.3 is 10.8 Å². The molecule has 0 atom stereocenters. The van der Waals surface area contributed by atoms with E-state index >= 15 is 0 Å². The molecular weight excluding hydrogens is 321 g/mol. The summed E-state index contributed by atoms with van der Waals surface area (Å²) in [5.41, 5.74) is 5.67. The zero-order valence-electron chi connectivity index (χ0n) is 12.6. The molecule has 0 amide bonds. The highest BCUT2D eigenvalue weighted by atomic mass is 19.4. The van der Waals surface area contributed by atoms with Gasteiger partial charge in [0.15, 0.2) is 11.5 Å². The Morgan fingerprint density at radius 3 is 2.58 bits per heavy atom. The van der Waals surface area contributed by atoms with E-state index < -0.39 is 11.7 Å². The van der Waals surface area contributed by atoms with Crippen molar-refractivity contribution in [3.05, 3.63) is 42.0 Å². The Kier molecular flexibility index (Phi) is 4.15. The molecule has 1 aromatic carbocycles. The lowest BCUT2D eigenvalue weighted by molar-refractivity contribution is -0.137. The van der Waals surface area contributed by atoms with Gasteiger partial charge in [-0.2, -0.15) is 18.3 Å². The van der Waals surface area contributed by atoms with Crippen molar-refractivity contribution in [3.63, 3.8) is 0 Å². The predicted molar refractivity (Wildman–Crippen MR) is 84.1 cm³/mol. The lowest BCUT2D eigenvalue weighted by atomic mass is 10.0. The number of aryl methyl sites for hydroxylation is 1. The second kappa shape index (κ2) is 6.12. The van der Waals surface area contributed by atoms with Crippen LogP contribution >= 0.6 is 0 Å². The van der Waals surface area contributed by atoms with Crippen molar-refractivity contribution in [2.45, 2.75) is 19.1 Å². The van der Waals surface area contributed by atoms with Gasteiger partial charge in [0.2, 0.25) is 0 Å². The Labute approximate surface area is 135 Å². The number of halogens is 3. The first-order valence-corrected chi connectivity index (χ1v) is 7.32. The van der Waals surface area contributed by atoms with Crippen molar-refractivity contribution < 1.29 is 18.3 Å². The van der Waals surface area contributed by atoms with Crippen molar-refractivity contribution in [2.24, 2.45) is 0 Å². The van der Waals surface area contributed by atoms with Gasteiger partial charge in [-0.25, -0.2) is 9.67 Å². The molecule has 0 saturated heterocycles. The number of pyridine rings is 1. The summed E-state index contributed by atoms with van der Waals surface area (Å²) in [4.78, 5) is 4.33. The van der Waals surface area contributed by atoms with Gasteiger partial charge in [-0.05, 0) is 24.6 Å². The van der Waals surface area contributed by atoms with Crippen LogP contribution in [-0.4, -0.2) is 26.5 Å². The van der Waals surface area contributed by atoms with Crippen LogP contribution in [0.5, 0.6) is 0 Å². The first-order valence-electron chi connectivity index (χ1n) is 7.32. The van der Waals surface area contributed by atoms with E-state index in [4.69, 9.17) is 10.8 Å². The second-order valence-electron chi connectivity index (χ2n) is 5.30. The normalized spacial score (nSPS) is 12.0. The lowest BCUT2D eigenvalue weighted by Crippen LogP contribution is -2.08. The molecule has 3 N–H and O–H groups in total. The standard InChI is InChI=1S/C16H15F3N4O/c17-16(18,19)12-5-2-1-4-10(12)13-7-6-11-14(20)22-23(8-3-9-24)15(11)21-13/h1-2,4-7,24H,3,8-9H2,(H2,20,22). The molecule has 0 saturated carbocycles. The maximum absolute atomic E-state index is 13.2. The summed E-state index contributed by atoms with van der Waals surface area (Å²) in [5.74, 6) is 0.256. The summed E-state index contributed by atoms with van der Waals surface area (Å²) in [6.07, 6.45) is -4.02. The average molecular weight is 336 g/mol. The van der Waals surface area contributed by atoms with Crippen molar-refractivity contribution in [3.8, 4) is 11.3 Å². The van der Waals surface area contributed by atoms with Crippen molar-refractivity contribution in [2.75, 3.05) is 12.3 Å². The molecule has 0 spiro atoms. The number of nitrogen functional groups attached to an aromatic ring is 1. The van der Waals surface area contributed by atoms with Gasteiger partial charge in [-0.3, -0.25) is 0 Å². The first-order chi connectivity index (χ1) is 11.4. The summed E-state index contributed by atoms with van der Waals surface area (Å²) < 4.78 is 41.1. The molecular formula is C16H15F3N4O. The average Bonchev–Trinajstić information content (AvgIpc) is 2.88. The van der Waals surface area contributed by atoms with E-state index in [9.17, 15) is 13.2 Å². The van der Waals surface area contributed by atoms with E-state index in [0.717, 1.165) is 6.07 Å². The van der Waals surface area contributed by atoms with E-state index in [1.54, 1.807) is 6.07 Å². The summed E-state index contributed by atoms with van der Waals surface area (Å²) in [6, 6.07) is 8.40. The molecule has 0 aliphatic heterocycles. The zero-order chi connectivity index (χ0) is 17.3. The monoisotopic (exact) mass is 336 g/mol. The van der Waals surface area contributed by atoms with Crippen LogP contribution in [-0.2, 0) is 12.7 Å². The van der Waals surface area contributed by atoms with Crippen LogP contribution in [0.1, 0.15) is 12.0 Å². The molecule has 2 heterocycles. The minimum absolute atomic E-state index is 0.000352. The number of aliphatic hydroxyl groups is 1. The molecule has 126 valence electrons. The Morgan fingerprint density at radius 1 is 1.12 bits per heavy atom. The van der Waals surface area contributed by atoms with Gasteiger partial charge in [-0.15, -0.1) is 0 Å². The summed E-state index contributed by atoms with van der Waals surface area (Å²) in [7, 11) is 0. The van der Waals surface area contributed by atoms with Crippen molar-refractivity contribution >= 4 is 16.9 Å². The Balaban J connectivity index is 2.15. The number of nitrogens with zero attached hydrogens (tertiary/aromatic N) is 3. The number of rotatable bonds is 4. The van der Waals surface area contributed by atoms with Crippen LogP contribution in [0.3, 0.4) is 0 Å². The zero-order valence-corrected chi connectivity index (χ0v) is 12.6. The molecule has 24 heavy (non-hydrogen) atoms. The van der Waals surface area contributed by atoms with Gasteiger partial charge >= 0.3 is 6.18 Å². The lowest BCUT2D eigenvalue weighted by Gasteiger charge is -2.12. The molecule has 0 fully saturated rings. The third-order valence-electron chi connectivity index (χ3n) is 3.66.